The van der Waals surface area contributed by atoms with Gasteiger partial charge in [0, 0.05) is 19.2 Å². The highest BCUT2D eigenvalue weighted by Crippen LogP contribution is 1.97. The van der Waals surface area contributed by atoms with Gasteiger partial charge in [-0.2, -0.15) is 0 Å². The highest BCUT2D eigenvalue weighted by atomic mass is 16.3. The highest BCUT2D eigenvalue weighted by molar-refractivity contribution is 4.92. The van der Waals surface area contributed by atoms with Crippen molar-refractivity contribution in [1.82, 2.24) is 15.0 Å². The van der Waals surface area contributed by atoms with Gasteiger partial charge in [0.05, 0.1) is 11.8 Å². The molecule has 0 aliphatic heterocycles. The molecule has 0 spiro atoms. The number of rotatable bonds is 5. The van der Waals surface area contributed by atoms with Gasteiger partial charge in [-0.25, -0.2) is 0 Å². The third kappa shape index (κ3) is 3.52. The molecule has 1 aromatic heterocycles. The van der Waals surface area contributed by atoms with Crippen LogP contribution in [0.4, 0.5) is 0 Å². The van der Waals surface area contributed by atoms with Crippen molar-refractivity contribution in [1.29, 1.82) is 0 Å². The minimum Gasteiger partial charge on any atom is -0.393 e. The van der Waals surface area contributed by atoms with Crippen LogP contribution in [0.15, 0.2) is 6.20 Å². The van der Waals surface area contributed by atoms with E-state index in [0.717, 1.165) is 12.1 Å². The van der Waals surface area contributed by atoms with E-state index >= 15 is 0 Å². The fourth-order valence-electron chi connectivity index (χ4n) is 1.03. The molecule has 0 fully saturated rings. The number of nitrogens with zero attached hydrogens (tertiary/aromatic N) is 3. The second-order valence-electron chi connectivity index (χ2n) is 3.15. The third-order valence-electron chi connectivity index (χ3n) is 1.76. The van der Waals surface area contributed by atoms with Crippen molar-refractivity contribution in [2.75, 3.05) is 6.54 Å². The third-order valence-corrected chi connectivity index (χ3v) is 1.76. The van der Waals surface area contributed by atoms with Gasteiger partial charge in [0.1, 0.15) is 0 Å². The molecule has 0 aliphatic carbocycles. The first-order valence-electron chi connectivity index (χ1n) is 4.49. The first kappa shape index (κ1) is 10.1. The monoisotopic (exact) mass is 184 g/mol. The molecule has 1 aromatic rings. The Hall–Kier alpha value is -0.940. The van der Waals surface area contributed by atoms with E-state index in [0.29, 0.717) is 19.5 Å². The van der Waals surface area contributed by atoms with Crippen molar-refractivity contribution >= 4 is 0 Å². The van der Waals surface area contributed by atoms with Crippen LogP contribution in [0.2, 0.25) is 0 Å². The van der Waals surface area contributed by atoms with Crippen molar-refractivity contribution in [2.45, 2.75) is 32.4 Å². The van der Waals surface area contributed by atoms with E-state index in [-0.39, 0.29) is 6.10 Å². The molecule has 0 radical (unpaired) electrons. The fourth-order valence-corrected chi connectivity index (χ4v) is 1.03. The molecule has 0 bridgehead atoms. The topological polar surface area (TPSA) is 77.0 Å². The summed E-state index contributed by atoms with van der Waals surface area (Å²) < 4.78 is 1.73. The Morgan fingerprint density at radius 1 is 1.69 bits per heavy atom. The predicted octanol–water partition coefficient (Wildman–Crippen LogP) is -0.450. The lowest BCUT2D eigenvalue weighted by molar-refractivity contribution is 0.176. The van der Waals surface area contributed by atoms with E-state index in [9.17, 15) is 0 Å². The van der Waals surface area contributed by atoms with Gasteiger partial charge >= 0.3 is 0 Å². The van der Waals surface area contributed by atoms with Crippen LogP contribution in [-0.4, -0.2) is 32.7 Å². The van der Waals surface area contributed by atoms with E-state index in [1.165, 1.54) is 0 Å². The number of hydrogen-bond donors (Lipinski definition) is 2. The first-order chi connectivity index (χ1) is 6.22. The SMILES string of the molecule is CC(O)CCn1cc(CCN)nn1. The normalized spacial score (nSPS) is 13.2. The predicted molar refractivity (Wildman–Crippen MR) is 49.1 cm³/mol. The second kappa shape index (κ2) is 4.94. The lowest BCUT2D eigenvalue weighted by Gasteiger charge is -2.02. The minimum absolute atomic E-state index is 0.290. The quantitative estimate of drug-likeness (QED) is 0.649. The van der Waals surface area contributed by atoms with Gasteiger partial charge in [0.15, 0.2) is 0 Å². The molecule has 1 heterocycles. The Bertz CT molecular complexity index is 246. The molecule has 1 rings (SSSR count). The van der Waals surface area contributed by atoms with E-state index in [4.69, 9.17) is 10.8 Å². The summed E-state index contributed by atoms with van der Waals surface area (Å²) in [5, 5.41) is 16.9. The minimum atomic E-state index is -0.290. The zero-order chi connectivity index (χ0) is 9.68. The van der Waals surface area contributed by atoms with Gasteiger partial charge in [-0.15, -0.1) is 5.10 Å². The number of hydrogen-bond acceptors (Lipinski definition) is 4. The Labute approximate surface area is 77.6 Å². The summed E-state index contributed by atoms with van der Waals surface area (Å²) in [4.78, 5) is 0. The molecule has 0 saturated carbocycles. The van der Waals surface area contributed by atoms with Crippen molar-refractivity contribution in [3.8, 4) is 0 Å². The number of aryl methyl sites for hydroxylation is 1. The second-order valence-corrected chi connectivity index (χ2v) is 3.15. The molecule has 13 heavy (non-hydrogen) atoms. The van der Waals surface area contributed by atoms with Crippen LogP contribution >= 0.6 is 0 Å². The number of nitrogens with two attached hydrogens (primary N) is 1. The molecule has 1 atom stereocenters. The molecular formula is C8H16N4O. The zero-order valence-corrected chi connectivity index (χ0v) is 7.85. The van der Waals surface area contributed by atoms with Crippen molar-refractivity contribution < 1.29 is 5.11 Å². The van der Waals surface area contributed by atoms with Crippen LogP contribution in [0.1, 0.15) is 19.0 Å². The van der Waals surface area contributed by atoms with Gasteiger partial charge in [0.25, 0.3) is 0 Å². The lowest BCUT2D eigenvalue weighted by Crippen LogP contribution is -2.07. The average molecular weight is 184 g/mol. The summed E-state index contributed by atoms with van der Waals surface area (Å²) in [6.07, 6.45) is 3.04. The fraction of sp³-hybridized carbons (Fsp3) is 0.750. The summed E-state index contributed by atoms with van der Waals surface area (Å²) in [6, 6.07) is 0. The van der Waals surface area contributed by atoms with E-state index < -0.39 is 0 Å². The summed E-state index contributed by atoms with van der Waals surface area (Å²) in [5.41, 5.74) is 6.29. The summed E-state index contributed by atoms with van der Waals surface area (Å²) in [5.74, 6) is 0. The summed E-state index contributed by atoms with van der Waals surface area (Å²) in [6.45, 7) is 3.06. The maximum absolute atomic E-state index is 9.04. The summed E-state index contributed by atoms with van der Waals surface area (Å²) in [7, 11) is 0. The van der Waals surface area contributed by atoms with E-state index in [1.807, 2.05) is 6.20 Å². The molecule has 0 aliphatic rings. The zero-order valence-electron chi connectivity index (χ0n) is 7.85. The Balaban J connectivity index is 2.39. The molecule has 74 valence electrons. The van der Waals surface area contributed by atoms with Crippen LogP contribution in [0, 0.1) is 0 Å². The molecule has 5 nitrogen and oxygen atoms in total. The molecule has 1 unspecified atom stereocenters. The van der Waals surface area contributed by atoms with Gasteiger partial charge < -0.3 is 10.8 Å². The maximum Gasteiger partial charge on any atom is 0.0839 e. The van der Waals surface area contributed by atoms with Gasteiger partial charge in [-0.1, -0.05) is 5.21 Å². The van der Waals surface area contributed by atoms with Gasteiger partial charge in [0.2, 0.25) is 0 Å². The largest absolute Gasteiger partial charge is 0.393 e. The molecule has 0 aromatic carbocycles. The maximum atomic E-state index is 9.04. The van der Waals surface area contributed by atoms with E-state index in [1.54, 1.807) is 11.6 Å². The number of aliphatic hydroxyl groups excluding tert-OH is 1. The highest BCUT2D eigenvalue weighted by Gasteiger charge is 2.01. The van der Waals surface area contributed by atoms with Crippen LogP contribution in [-0.2, 0) is 13.0 Å². The Morgan fingerprint density at radius 3 is 3.08 bits per heavy atom. The van der Waals surface area contributed by atoms with Gasteiger partial charge in [-0.3, -0.25) is 4.68 Å². The molecule has 5 heteroatoms. The van der Waals surface area contributed by atoms with Crippen LogP contribution in [0.5, 0.6) is 0 Å². The molecule has 0 amide bonds. The first-order valence-corrected chi connectivity index (χ1v) is 4.49. The average Bonchev–Trinajstić information content (AvgIpc) is 2.50. The number of aliphatic hydroxyl groups is 1. The Kier molecular flexibility index (Phi) is 3.85. The smallest absolute Gasteiger partial charge is 0.0839 e. The van der Waals surface area contributed by atoms with Crippen LogP contribution in [0.3, 0.4) is 0 Å². The molecular weight excluding hydrogens is 168 g/mol. The summed E-state index contributed by atoms with van der Waals surface area (Å²) >= 11 is 0. The van der Waals surface area contributed by atoms with E-state index in [2.05, 4.69) is 10.3 Å². The molecule has 0 saturated heterocycles. The van der Waals surface area contributed by atoms with Crippen molar-refractivity contribution in [3.63, 3.8) is 0 Å². The Morgan fingerprint density at radius 2 is 2.46 bits per heavy atom. The van der Waals surface area contributed by atoms with Crippen LogP contribution in [0.25, 0.3) is 0 Å². The van der Waals surface area contributed by atoms with Crippen molar-refractivity contribution in [2.24, 2.45) is 5.73 Å². The number of aromatic nitrogens is 3. The van der Waals surface area contributed by atoms with Crippen LogP contribution < -0.4 is 5.73 Å². The molecule has 3 N–H and O–H groups in total. The van der Waals surface area contributed by atoms with Crippen molar-refractivity contribution in [3.05, 3.63) is 11.9 Å². The lowest BCUT2D eigenvalue weighted by atomic mass is 10.3. The van der Waals surface area contributed by atoms with Gasteiger partial charge in [-0.05, 0) is 19.9 Å². The standard InChI is InChI=1S/C8H16N4O/c1-7(13)3-5-12-6-8(2-4-9)10-11-12/h6-7,13H,2-5,9H2,1H3.